The molecule has 0 bridgehead atoms. The number of sulfonamides is 1. The molecule has 5 nitrogen and oxygen atoms in total. The number of fused-ring (bicyclic) bond motifs is 1. The third-order valence-electron chi connectivity index (χ3n) is 6.26. The van der Waals surface area contributed by atoms with E-state index < -0.39 is 28.3 Å². The molecule has 0 saturated heterocycles. The van der Waals surface area contributed by atoms with Gasteiger partial charge in [-0.3, -0.25) is 9.10 Å². The van der Waals surface area contributed by atoms with Crippen molar-refractivity contribution in [2.24, 2.45) is 0 Å². The minimum Gasteiger partial charge on any atom is -0.348 e. The largest absolute Gasteiger partial charge is 0.348 e. The molecule has 0 fully saturated rings. The molecule has 0 spiro atoms. The monoisotopic (exact) mass is 480 g/mol. The summed E-state index contributed by atoms with van der Waals surface area (Å²) in [6.07, 6.45) is 4.50. The van der Waals surface area contributed by atoms with Crippen molar-refractivity contribution in [1.82, 2.24) is 5.32 Å². The maximum Gasteiger partial charge on any atom is 0.264 e. The second-order valence-electron chi connectivity index (χ2n) is 8.83. The Labute approximate surface area is 200 Å². The highest BCUT2D eigenvalue weighted by Gasteiger charge is 2.28. The van der Waals surface area contributed by atoms with Crippen LogP contribution in [-0.2, 0) is 27.7 Å². The van der Waals surface area contributed by atoms with Crippen LogP contribution in [0.4, 0.5) is 10.1 Å². The molecule has 4 rings (SSSR count). The Balaban J connectivity index is 1.56. The first kappa shape index (κ1) is 24.0. The Morgan fingerprint density at radius 2 is 1.62 bits per heavy atom. The Morgan fingerprint density at radius 3 is 2.29 bits per heavy atom. The van der Waals surface area contributed by atoms with Crippen LogP contribution in [0.5, 0.6) is 0 Å². The maximum absolute atomic E-state index is 13.4. The summed E-state index contributed by atoms with van der Waals surface area (Å²) in [5.74, 6) is -0.950. The van der Waals surface area contributed by atoms with Crippen LogP contribution in [0.1, 0.15) is 48.1 Å². The third-order valence-corrected chi connectivity index (χ3v) is 8.05. The number of aryl methyl sites for hydroxylation is 3. The molecular weight excluding hydrogens is 451 g/mol. The molecular formula is C27H29FN2O3S. The van der Waals surface area contributed by atoms with Gasteiger partial charge in [-0.1, -0.05) is 35.9 Å². The van der Waals surface area contributed by atoms with Gasteiger partial charge in [0.2, 0.25) is 5.91 Å². The number of anilines is 1. The van der Waals surface area contributed by atoms with E-state index >= 15 is 0 Å². The predicted molar refractivity (Wildman–Crippen MR) is 132 cm³/mol. The van der Waals surface area contributed by atoms with Gasteiger partial charge in [0, 0.05) is 0 Å². The van der Waals surface area contributed by atoms with E-state index in [9.17, 15) is 17.6 Å². The quantitative estimate of drug-likeness (QED) is 0.513. The molecule has 3 aromatic rings. The fourth-order valence-corrected chi connectivity index (χ4v) is 5.70. The van der Waals surface area contributed by atoms with Crippen molar-refractivity contribution in [2.75, 3.05) is 10.8 Å². The van der Waals surface area contributed by atoms with E-state index in [4.69, 9.17) is 0 Å². The van der Waals surface area contributed by atoms with Crippen molar-refractivity contribution in [3.63, 3.8) is 0 Å². The van der Waals surface area contributed by atoms with Gasteiger partial charge in [0.05, 0.1) is 16.6 Å². The van der Waals surface area contributed by atoms with E-state index in [1.165, 1.54) is 36.1 Å². The van der Waals surface area contributed by atoms with Gasteiger partial charge < -0.3 is 5.32 Å². The lowest BCUT2D eigenvalue weighted by molar-refractivity contribution is -0.120. The van der Waals surface area contributed by atoms with Gasteiger partial charge in [0.25, 0.3) is 10.0 Å². The first-order valence-electron chi connectivity index (χ1n) is 11.5. The summed E-state index contributed by atoms with van der Waals surface area (Å²) in [7, 11) is -4.09. The lowest BCUT2D eigenvalue weighted by Crippen LogP contribution is -2.41. The lowest BCUT2D eigenvalue weighted by atomic mass is 9.89. The lowest BCUT2D eigenvalue weighted by Gasteiger charge is -2.25. The molecule has 7 heteroatoms. The number of hydrogen-bond donors (Lipinski definition) is 1. The molecule has 178 valence electrons. The fraction of sp³-hybridized carbons (Fsp3) is 0.296. The number of benzene rings is 3. The fourth-order valence-electron chi connectivity index (χ4n) is 4.28. The zero-order chi connectivity index (χ0) is 24.3. The molecule has 0 unspecified atom stereocenters. The number of amides is 1. The summed E-state index contributed by atoms with van der Waals surface area (Å²) >= 11 is 0. The number of hydrogen-bond acceptors (Lipinski definition) is 3. The smallest absolute Gasteiger partial charge is 0.264 e. The number of carbonyl (C=O) groups is 1. The average Bonchev–Trinajstić information content (AvgIpc) is 2.83. The molecule has 1 N–H and O–H groups in total. The minimum absolute atomic E-state index is 0.0787. The zero-order valence-corrected chi connectivity index (χ0v) is 20.2. The molecule has 1 aliphatic carbocycles. The number of halogens is 1. The van der Waals surface area contributed by atoms with Crippen LogP contribution in [0.25, 0.3) is 0 Å². The molecule has 0 aromatic heterocycles. The van der Waals surface area contributed by atoms with Gasteiger partial charge in [0.15, 0.2) is 0 Å². The molecule has 1 atom stereocenters. The standard InChI is InChI=1S/C27H29FN2O3S/c1-19-7-13-25(14-8-19)30(34(32,33)26-15-11-24(28)12-16-26)18-27(31)29-20(2)22-10-9-21-5-3-4-6-23(21)17-22/h7-17,20H,3-6,18H2,1-2H3,(H,29,31)/t20-/m0/s1. The van der Waals surface area contributed by atoms with E-state index in [-0.39, 0.29) is 10.9 Å². The van der Waals surface area contributed by atoms with Crippen molar-refractivity contribution in [3.05, 3.63) is 94.8 Å². The Morgan fingerprint density at radius 1 is 0.971 bits per heavy atom. The number of nitrogens with one attached hydrogen (secondary N) is 1. The highest BCUT2D eigenvalue weighted by atomic mass is 32.2. The Bertz CT molecular complexity index is 1270. The highest BCUT2D eigenvalue weighted by molar-refractivity contribution is 7.92. The molecule has 1 aliphatic rings. The van der Waals surface area contributed by atoms with Crippen LogP contribution in [0.2, 0.25) is 0 Å². The van der Waals surface area contributed by atoms with Gasteiger partial charge in [-0.25, -0.2) is 12.8 Å². The number of carbonyl (C=O) groups excluding carboxylic acids is 1. The van der Waals surface area contributed by atoms with Crippen molar-refractivity contribution < 1.29 is 17.6 Å². The van der Waals surface area contributed by atoms with E-state index in [1.807, 2.05) is 19.9 Å². The van der Waals surface area contributed by atoms with Gasteiger partial charge in [-0.05, 0) is 92.6 Å². The van der Waals surface area contributed by atoms with Crippen LogP contribution < -0.4 is 9.62 Å². The first-order valence-corrected chi connectivity index (χ1v) is 12.9. The van der Waals surface area contributed by atoms with E-state index in [2.05, 4.69) is 17.4 Å². The van der Waals surface area contributed by atoms with Crippen LogP contribution in [-0.4, -0.2) is 20.9 Å². The summed E-state index contributed by atoms with van der Waals surface area (Å²) < 4.78 is 41.3. The van der Waals surface area contributed by atoms with Gasteiger partial charge in [0.1, 0.15) is 12.4 Å². The average molecular weight is 481 g/mol. The van der Waals surface area contributed by atoms with Crippen molar-refractivity contribution in [1.29, 1.82) is 0 Å². The second kappa shape index (κ2) is 9.97. The summed E-state index contributed by atoms with van der Waals surface area (Å²) in [6, 6.07) is 17.5. The van der Waals surface area contributed by atoms with E-state index in [1.54, 1.807) is 24.3 Å². The molecule has 1 amide bonds. The van der Waals surface area contributed by atoms with E-state index in [0.29, 0.717) is 5.69 Å². The molecule has 0 heterocycles. The summed E-state index contributed by atoms with van der Waals surface area (Å²) in [5.41, 5.74) is 5.02. The van der Waals surface area contributed by atoms with Gasteiger partial charge in [-0.2, -0.15) is 0 Å². The molecule has 0 radical (unpaired) electrons. The SMILES string of the molecule is Cc1ccc(N(CC(=O)N[C@@H](C)c2ccc3c(c2)CCCC3)S(=O)(=O)c2ccc(F)cc2)cc1. The first-order chi connectivity index (χ1) is 16.2. The predicted octanol–water partition coefficient (Wildman–Crippen LogP) is 5.09. The highest BCUT2D eigenvalue weighted by Crippen LogP contribution is 2.26. The van der Waals surface area contributed by atoms with Crippen molar-refractivity contribution >= 4 is 21.6 Å². The summed E-state index contributed by atoms with van der Waals surface area (Å²) in [5, 5.41) is 2.94. The molecule has 34 heavy (non-hydrogen) atoms. The molecule has 0 saturated carbocycles. The van der Waals surface area contributed by atoms with Crippen LogP contribution in [0.3, 0.4) is 0 Å². The summed E-state index contributed by atoms with van der Waals surface area (Å²) in [6.45, 7) is 3.40. The molecule has 3 aromatic carbocycles. The maximum atomic E-state index is 13.4. The Hall–Kier alpha value is -3.19. The Kier molecular flexibility index (Phi) is 7.03. The van der Waals surface area contributed by atoms with E-state index in [0.717, 1.165) is 40.4 Å². The van der Waals surface area contributed by atoms with Gasteiger partial charge >= 0.3 is 0 Å². The van der Waals surface area contributed by atoms with Crippen LogP contribution >= 0.6 is 0 Å². The van der Waals surface area contributed by atoms with Crippen molar-refractivity contribution in [3.8, 4) is 0 Å². The van der Waals surface area contributed by atoms with Crippen molar-refractivity contribution in [2.45, 2.75) is 50.5 Å². The minimum atomic E-state index is -4.09. The normalized spacial score (nSPS) is 14.2. The molecule has 0 aliphatic heterocycles. The zero-order valence-electron chi connectivity index (χ0n) is 19.4. The van der Waals surface area contributed by atoms with Gasteiger partial charge in [-0.15, -0.1) is 0 Å². The topological polar surface area (TPSA) is 66.5 Å². The second-order valence-corrected chi connectivity index (χ2v) is 10.7. The third kappa shape index (κ3) is 5.30. The summed E-state index contributed by atoms with van der Waals surface area (Å²) in [4.78, 5) is 12.9. The van der Waals surface area contributed by atoms with Crippen LogP contribution in [0, 0.1) is 12.7 Å². The van der Waals surface area contributed by atoms with Crippen LogP contribution in [0.15, 0.2) is 71.6 Å². The number of nitrogens with zero attached hydrogens (tertiary/aromatic N) is 1. The number of rotatable bonds is 7.